The Bertz CT molecular complexity index is 581. The van der Waals surface area contributed by atoms with E-state index in [1.807, 2.05) is 0 Å². The molecule has 20 heavy (non-hydrogen) atoms. The van der Waals surface area contributed by atoms with Gasteiger partial charge < -0.3 is 5.32 Å². The lowest BCUT2D eigenvalue weighted by molar-refractivity contribution is 0.0773. The van der Waals surface area contributed by atoms with E-state index in [4.69, 9.17) is 11.6 Å². The van der Waals surface area contributed by atoms with Crippen LogP contribution in [-0.4, -0.2) is 62.9 Å². The van der Waals surface area contributed by atoms with Crippen LogP contribution in [0, 0.1) is 0 Å². The number of nitrogens with one attached hydrogen (secondary N) is 1. The van der Waals surface area contributed by atoms with Crippen LogP contribution in [0.2, 0.25) is 5.02 Å². The molecule has 0 aromatic heterocycles. The fourth-order valence-electron chi connectivity index (χ4n) is 2.67. The summed E-state index contributed by atoms with van der Waals surface area (Å²) in [6.45, 7) is 5.12. The number of nitrogens with zero attached hydrogens (tertiary/aromatic N) is 2. The summed E-state index contributed by atoms with van der Waals surface area (Å²) in [5.41, 5.74) is 0. The van der Waals surface area contributed by atoms with Gasteiger partial charge in [0.2, 0.25) is 10.0 Å². The number of rotatable bonds is 3. The van der Waals surface area contributed by atoms with Crippen LogP contribution in [0.5, 0.6) is 0 Å². The monoisotopic (exact) mass is 315 g/mol. The maximum Gasteiger partial charge on any atom is 0.243 e. The van der Waals surface area contributed by atoms with Gasteiger partial charge in [-0.15, -0.1) is 0 Å². The number of hydrogen-bond donors (Lipinski definition) is 1. The fraction of sp³-hybridized carbons (Fsp3) is 0.538. The second-order valence-corrected chi connectivity index (χ2v) is 7.59. The molecule has 2 aliphatic rings. The molecule has 2 aliphatic heterocycles. The Morgan fingerprint density at radius 1 is 1.20 bits per heavy atom. The van der Waals surface area contributed by atoms with Crippen molar-refractivity contribution in [2.45, 2.75) is 10.9 Å². The molecule has 0 unspecified atom stereocenters. The molecule has 1 N–H and O–H groups in total. The summed E-state index contributed by atoms with van der Waals surface area (Å²) in [7, 11) is -3.39. The Labute approximate surface area is 124 Å². The molecule has 0 bridgehead atoms. The highest BCUT2D eigenvalue weighted by molar-refractivity contribution is 7.89. The van der Waals surface area contributed by atoms with E-state index in [0.717, 1.165) is 26.2 Å². The first kappa shape index (κ1) is 14.3. The van der Waals surface area contributed by atoms with Crippen LogP contribution in [0.15, 0.2) is 29.2 Å². The largest absolute Gasteiger partial charge is 0.314 e. The predicted octanol–water partition coefficient (Wildman–Crippen LogP) is 0.618. The Kier molecular flexibility index (Phi) is 4.01. The maximum absolute atomic E-state index is 12.4. The SMILES string of the molecule is O=S(=O)(c1cccc(Cl)c1)N1CC(N2CCNCC2)C1. The number of halogens is 1. The van der Waals surface area contributed by atoms with E-state index in [-0.39, 0.29) is 4.90 Å². The van der Waals surface area contributed by atoms with Crippen LogP contribution in [0.4, 0.5) is 0 Å². The van der Waals surface area contributed by atoms with E-state index >= 15 is 0 Å². The summed E-state index contributed by atoms with van der Waals surface area (Å²) in [4.78, 5) is 2.64. The van der Waals surface area contributed by atoms with Crippen molar-refractivity contribution in [3.05, 3.63) is 29.3 Å². The van der Waals surface area contributed by atoms with Crippen molar-refractivity contribution in [2.75, 3.05) is 39.3 Å². The van der Waals surface area contributed by atoms with Crippen LogP contribution in [0.3, 0.4) is 0 Å². The first-order valence-corrected chi connectivity index (χ1v) is 8.60. The second kappa shape index (κ2) is 5.61. The Balaban J connectivity index is 1.66. The van der Waals surface area contributed by atoms with Gasteiger partial charge >= 0.3 is 0 Å². The highest BCUT2D eigenvalue weighted by Gasteiger charge is 2.39. The van der Waals surface area contributed by atoms with Gasteiger partial charge in [-0.25, -0.2) is 8.42 Å². The van der Waals surface area contributed by atoms with Crippen LogP contribution in [0.25, 0.3) is 0 Å². The van der Waals surface area contributed by atoms with Crippen molar-refractivity contribution in [3.8, 4) is 0 Å². The summed E-state index contributed by atoms with van der Waals surface area (Å²) < 4.78 is 26.4. The lowest BCUT2D eigenvalue weighted by Gasteiger charge is -2.45. The molecule has 7 heteroatoms. The highest BCUT2D eigenvalue weighted by Crippen LogP contribution is 2.25. The van der Waals surface area contributed by atoms with Crippen molar-refractivity contribution < 1.29 is 8.42 Å². The van der Waals surface area contributed by atoms with E-state index < -0.39 is 10.0 Å². The van der Waals surface area contributed by atoms with Gasteiger partial charge in [-0.1, -0.05) is 17.7 Å². The summed E-state index contributed by atoms with van der Waals surface area (Å²) in [6.07, 6.45) is 0. The molecular weight excluding hydrogens is 298 g/mol. The molecule has 2 fully saturated rings. The molecule has 0 amide bonds. The molecule has 2 saturated heterocycles. The van der Waals surface area contributed by atoms with Crippen LogP contribution >= 0.6 is 11.6 Å². The van der Waals surface area contributed by atoms with E-state index in [0.29, 0.717) is 24.2 Å². The average molecular weight is 316 g/mol. The van der Waals surface area contributed by atoms with E-state index in [1.165, 1.54) is 10.4 Å². The smallest absolute Gasteiger partial charge is 0.243 e. The molecular formula is C13H18ClN3O2S. The van der Waals surface area contributed by atoms with Gasteiger partial charge in [0.25, 0.3) is 0 Å². The van der Waals surface area contributed by atoms with Crippen molar-refractivity contribution in [1.82, 2.24) is 14.5 Å². The molecule has 0 radical (unpaired) electrons. The van der Waals surface area contributed by atoms with Gasteiger partial charge in [0.15, 0.2) is 0 Å². The van der Waals surface area contributed by atoms with Crippen molar-refractivity contribution >= 4 is 21.6 Å². The predicted molar refractivity (Wildman–Crippen MR) is 78.4 cm³/mol. The van der Waals surface area contributed by atoms with Crippen molar-refractivity contribution in [3.63, 3.8) is 0 Å². The lowest BCUT2D eigenvalue weighted by Crippen LogP contribution is -2.63. The van der Waals surface area contributed by atoms with Crippen LogP contribution in [-0.2, 0) is 10.0 Å². The molecule has 1 aromatic carbocycles. The molecule has 3 rings (SSSR count). The third kappa shape index (κ3) is 2.71. The number of hydrogen-bond acceptors (Lipinski definition) is 4. The molecule has 0 atom stereocenters. The van der Waals surface area contributed by atoms with Gasteiger partial charge in [0.1, 0.15) is 0 Å². The van der Waals surface area contributed by atoms with Gasteiger partial charge in [-0.2, -0.15) is 4.31 Å². The first-order chi connectivity index (χ1) is 9.57. The average Bonchev–Trinajstić information content (AvgIpc) is 2.38. The maximum atomic E-state index is 12.4. The van der Waals surface area contributed by atoms with Crippen LogP contribution in [0.1, 0.15) is 0 Å². The minimum absolute atomic E-state index is 0.281. The summed E-state index contributed by atoms with van der Waals surface area (Å²) in [5.74, 6) is 0. The highest BCUT2D eigenvalue weighted by atomic mass is 35.5. The first-order valence-electron chi connectivity index (χ1n) is 6.78. The minimum Gasteiger partial charge on any atom is -0.314 e. The van der Waals surface area contributed by atoms with Gasteiger partial charge in [-0.3, -0.25) is 4.90 Å². The molecule has 1 aromatic rings. The molecule has 5 nitrogen and oxygen atoms in total. The Hall–Kier alpha value is -0.660. The third-order valence-corrected chi connectivity index (χ3v) is 5.99. The zero-order valence-electron chi connectivity index (χ0n) is 11.1. The standard InChI is InChI=1S/C13H18ClN3O2S/c14-11-2-1-3-13(8-11)20(18,19)17-9-12(10-17)16-6-4-15-5-7-16/h1-3,8,12,15H,4-7,9-10H2. The molecule has 0 aliphatic carbocycles. The van der Waals surface area contributed by atoms with Crippen molar-refractivity contribution in [2.24, 2.45) is 0 Å². The normalized spacial score (nSPS) is 22.6. The van der Waals surface area contributed by atoms with Crippen molar-refractivity contribution in [1.29, 1.82) is 0 Å². The molecule has 0 saturated carbocycles. The lowest BCUT2D eigenvalue weighted by atomic mass is 10.1. The Morgan fingerprint density at radius 3 is 2.55 bits per heavy atom. The topological polar surface area (TPSA) is 52.7 Å². The molecule has 110 valence electrons. The van der Waals surface area contributed by atoms with Crippen LogP contribution < -0.4 is 5.32 Å². The summed E-state index contributed by atoms with van der Waals surface area (Å²) in [6, 6.07) is 6.81. The molecule has 2 heterocycles. The fourth-order valence-corrected chi connectivity index (χ4v) is 4.48. The third-order valence-electron chi connectivity index (χ3n) is 3.93. The zero-order chi connectivity index (χ0) is 14.2. The second-order valence-electron chi connectivity index (χ2n) is 5.22. The van der Waals surface area contributed by atoms with Gasteiger partial charge in [-0.05, 0) is 18.2 Å². The van der Waals surface area contributed by atoms with E-state index in [2.05, 4.69) is 10.2 Å². The van der Waals surface area contributed by atoms with Gasteiger partial charge in [0, 0.05) is 50.3 Å². The molecule has 0 spiro atoms. The zero-order valence-corrected chi connectivity index (χ0v) is 12.7. The number of benzene rings is 1. The summed E-state index contributed by atoms with van der Waals surface area (Å²) in [5, 5.41) is 3.75. The summed E-state index contributed by atoms with van der Waals surface area (Å²) >= 11 is 5.87. The van der Waals surface area contributed by atoms with E-state index in [1.54, 1.807) is 18.2 Å². The quantitative estimate of drug-likeness (QED) is 0.888. The number of piperazine rings is 1. The number of sulfonamides is 1. The van der Waals surface area contributed by atoms with E-state index in [9.17, 15) is 8.42 Å². The Morgan fingerprint density at radius 2 is 1.90 bits per heavy atom. The van der Waals surface area contributed by atoms with Gasteiger partial charge in [0.05, 0.1) is 4.90 Å². The minimum atomic E-state index is -3.39.